The highest BCUT2D eigenvalue weighted by atomic mass is 32.1. The lowest BCUT2D eigenvalue weighted by atomic mass is 9.36. The number of rotatable bonds is 3. The Hall–Kier alpha value is -5.10. The van der Waals surface area contributed by atoms with E-state index in [1.807, 2.05) is 22.7 Å². The van der Waals surface area contributed by atoms with Crippen molar-refractivity contribution in [2.45, 2.75) is 106 Å². The van der Waals surface area contributed by atoms with Gasteiger partial charge in [-0.25, -0.2) is 0 Å². The third kappa shape index (κ3) is 6.32. The van der Waals surface area contributed by atoms with Crippen molar-refractivity contribution in [1.29, 1.82) is 0 Å². The molecule has 0 N–H and O–H groups in total. The van der Waals surface area contributed by atoms with Crippen molar-refractivity contribution in [3.8, 4) is 10.4 Å². The topological polar surface area (TPSA) is 6.48 Å². The van der Waals surface area contributed by atoms with Crippen LogP contribution in [0.5, 0.6) is 0 Å². The molecule has 4 heterocycles. The fourth-order valence-corrected chi connectivity index (χ4v) is 12.5. The van der Waals surface area contributed by atoms with Crippen molar-refractivity contribution in [3.05, 3.63) is 148 Å². The number of anilines is 6. The summed E-state index contributed by atoms with van der Waals surface area (Å²) in [5, 5.41) is 2.65. The second-order valence-electron chi connectivity index (χ2n) is 20.9. The van der Waals surface area contributed by atoms with Gasteiger partial charge in [-0.05, 0) is 147 Å². The SMILES string of the molecule is Cc1cc(C(C)(C)C)cc(C)c1N1c2cc(-c3cc4ccccc4s3)ccc2B2c3sc4ccc(C(C)(C)C)cc4c3N(c3c(C)cc(C(C)(C)C)cc3C)c3cccc1c32. The standard InChI is InChI=1S/C56H57BN2S2/c1-32-25-39(55(8,9)10)26-33(2)50(32)58-43-18-16-19-44-49(43)57(42-23-21-37(29-45(42)58)48-30-36-17-14-15-20-46(36)60-48)53-52(41-31-38(54(5,6)7)22-24-47(41)61-53)59(44)51-34(3)27-40(28-35(51)4)56(11,12)13/h14-31H,1-13H3. The highest BCUT2D eigenvalue weighted by Gasteiger charge is 2.46. The van der Waals surface area contributed by atoms with E-state index in [2.05, 4.69) is 209 Å². The summed E-state index contributed by atoms with van der Waals surface area (Å²) in [7, 11) is 0. The largest absolute Gasteiger partial charge is 0.311 e. The molecule has 0 aliphatic carbocycles. The van der Waals surface area contributed by atoms with Gasteiger partial charge in [0.05, 0.1) is 17.1 Å². The molecule has 0 amide bonds. The molecule has 0 spiro atoms. The van der Waals surface area contributed by atoms with Crippen LogP contribution in [0.1, 0.15) is 101 Å². The fourth-order valence-electron chi connectivity index (χ4n) is 10.1. The predicted octanol–water partition coefficient (Wildman–Crippen LogP) is 15.0. The first-order valence-corrected chi connectivity index (χ1v) is 23.6. The highest BCUT2D eigenvalue weighted by Crippen LogP contribution is 2.51. The first-order chi connectivity index (χ1) is 28.8. The molecule has 2 aliphatic heterocycles. The van der Waals surface area contributed by atoms with Gasteiger partial charge >= 0.3 is 0 Å². The maximum Gasteiger partial charge on any atom is 0.264 e. The fraction of sp³-hybridized carbons (Fsp3) is 0.286. The second kappa shape index (κ2) is 13.7. The molecular formula is C56H57BN2S2. The van der Waals surface area contributed by atoms with E-state index in [0.717, 1.165) is 0 Å². The summed E-state index contributed by atoms with van der Waals surface area (Å²) in [6.45, 7) is 30.3. The number of hydrogen-bond acceptors (Lipinski definition) is 4. The Morgan fingerprint density at radius 2 is 1.03 bits per heavy atom. The van der Waals surface area contributed by atoms with E-state index < -0.39 is 0 Å². The first kappa shape index (κ1) is 40.0. The molecule has 0 bridgehead atoms. The summed E-state index contributed by atoms with van der Waals surface area (Å²) in [5.74, 6) is 0. The monoisotopic (exact) mass is 832 g/mol. The molecule has 0 saturated heterocycles. The Morgan fingerprint density at radius 1 is 0.459 bits per heavy atom. The molecule has 2 nitrogen and oxygen atoms in total. The number of thiophene rings is 2. The van der Waals surface area contributed by atoms with Gasteiger partial charge in [0.15, 0.2) is 0 Å². The van der Waals surface area contributed by atoms with E-state index >= 15 is 0 Å². The van der Waals surface area contributed by atoms with E-state index in [4.69, 9.17) is 0 Å². The zero-order valence-corrected chi connectivity index (χ0v) is 39.8. The van der Waals surface area contributed by atoms with Crippen LogP contribution < -0.4 is 25.5 Å². The molecule has 61 heavy (non-hydrogen) atoms. The van der Waals surface area contributed by atoms with E-state index in [-0.39, 0.29) is 23.0 Å². The van der Waals surface area contributed by atoms with Gasteiger partial charge in [0.2, 0.25) is 0 Å². The van der Waals surface area contributed by atoms with Gasteiger partial charge in [-0.2, -0.15) is 0 Å². The second-order valence-corrected chi connectivity index (χ2v) is 23.1. The molecule has 0 unspecified atom stereocenters. The van der Waals surface area contributed by atoms with Crippen molar-refractivity contribution >= 4 is 99.4 Å². The molecule has 0 atom stereocenters. The summed E-state index contributed by atoms with van der Waals surface area (Å²) < 4.78 is 4.09. The van der Waals surface area contributed by atoms with E-state index in [1.165, 1.54) is 119 Å². The third-order valence-electron chi connectivity index (χ3n) is 13.3. The summed E-state index contributed by atoms with van der Waals surface area (Å²) in [4.78, 5) is 6.61. The Kier molecular flexibility index (Phi) is 8.99. The van der Waals surface area contributed by atoms with Crippen molar-refractivity contribution in [2.24, 2.45) is 0 Å². The Balaban J connectivity index is 1.31. The van der Waals surface area contributed by atoms with Crippen LogP contribution in [-0.4, -0.2) is 6.71 Å². The third-order valence-corrected chi connectivity index (χ3v) is 15.7. The zero-order valence-electron chi connectivity index (χ0n) is 38.2. The van der Waals surface area contributed by atoms with Crippen LogP contribution in [0.15, 0.2) is 109 Å². The summed E-state index contributed by atoms with van der Waals surface area (Å²) in [6, 6.07) is 42.7. The lowest BCUT2D eigenvalue weighted by Gasteiger charge is -2.44. The highest BCUT2D eigenvalue weighted by molar-refractivity contribution is 7.33. The average Bonchev–Trinajstić information content (AvgIpc) is 3.79. The van der Waals surface area contributed by atoms with E-state index in [9.17, 15) is 0 Å². The maximum absolute atomic E-state index is 2.67. The van der Waals surface area contributed by atoms with Crippen molar-refractivity contribution in [2.75, 3.05) is 9.80 Å². The normalized spacial score (nSPS) is 13.9. The van der Waals surface area contributed by atoms with Crippen molar-refractivity contribution in [1.82, 2.24) is 0 Å². The van der Waals surface area contributed by atoms with Crippen molar-refractivity contribution in [3.63, 3.8) is 0 Å². The minimum Gasteiger partial charge on any atom is -0.311 e. The van der Waals surface area contributed by atoms with Crippen LogP contribution in [0.3, 0.4) is 0 Å². The van der Waals surface area contributed by atoms with Gasteiger partial charge in [-0.15, -0.1) is 22.7 Å². The molecule has 10 rings (SSSR count). The Bertz CT molecular complexity index is 3020. The number of aryl methyl sites for hydroxylation is 4. The molecule has 2 aromatic heterocycles. The summed E-state index contributed by atoms with van der Waals surface area (Å²) >= 11 is 3.88. The molecule has 5 heteroatoms. The molecule has 8 aromatic rings. The number of benzene rings is 6. The zero-order chi connectivity index (χ0) is 43.1. The first-order valence-electron chi connectivity index (χ1n) is 22.0. The van der Waals surface area contributed by atoms with Gasteiger partial charge in [-0.3, -0.25) is 0 Å². The van der Waals surface area contributed by atoms with Crippen molar-refractivity contribution < 1.29 is 0 Å². The van der Waals surface area contributed by atoms with Crippen LogP contribution >= 0.6 is 22.7 Å². The molecule has 0 radical (unpaired) electrons. The van der Waals surface area contributed by atoms with E-state index in [1.54, 1.807) is 0 Å². The number of hydrogen-bond donors (Lipinski definition) is 0. The van der Waals surface area contributed by atoms with Crippen LogP contribution in [0, 0.1) is 27.7 Å². The van der Waals surface area contributed by atoms with Gasteiger partial charge in [0.1, 0.15) is 0 Å². The lowest BCUT2D eigenvalue weighted by Crippen LogP contribution is -2.60. The molecule has 0 saturated carbocycles. The molecule has 0 fully saturated rings. The summed E-state index contributed by atoms with van der Waals surface area (Å²) in [5.41, 5.74) is 21.2. The van der Waals surface area contributed by atoms with E-state index in [0.29, 0.717) is 0 Å². The molecule has 6 aromatic carbocycles. The number of fused-ring (bicyclic) bond motifs is 7. The lowest BCUT2D eigenvalue weighted by molar-refractivity contribution is 0.589. The molecular weight excluding hydrogens is 776 g/mol. The average molecular weight is 833 g/mol. The van der Waals surface area contributed by atoms with Gasteiger partial charge in [0.25, 0.3) is 6.71 Å². The van der Waals surface area contributed by atoms with Crippen LogP contribution in [0.4, 0.5) is 34.1 Å². The van der Waals surface area contributed by atoms with Gasteiger partial charge in [-0.1, -0.05) is 129 Å². The smallest absolute Gasteiger partial charge is 0.264 e. The minimum atomic E-state index is 0.0208. The molecule has 2 aliphatic rings. The summed E-state index contributed by atoms with van der Waals surface area (Å²) in [6.07, 6.45) is 0. The van der Waals surface area contributed by atoms with Crippen LogP contribution in [0.2, 0.25) is 0 Å². The Labute approximate surface area is 372 Å². The predicted molar refractivity (Wildman–Crippen MR) is 272 cm³/mol. The Morgan fingerprint density at radius 3 is 1.62 bits per heavy atom. The minimum absolute atomic E-state index is 0.0208. The maximum atomic E-state index is 2.67. The van der Waals surface area contributed by atoms with Gasteiger partial charge < -0.3 is 9.80 Å². The molecule has 306 valence electrons. The quantitative estimate of drug-likeness (QED) is 0.164. The van der Waals surface area contributed by atoms with Gasteiger partial charge in [0, 0.05) is 41.5 Å². The van der Waals surface area contributed by atoms with Crippen LogP contribution in [-0.2, 0) is 16.2 Å². The van der Waals surface area contributed by atoms with Crippen LogP contribution in [0.25, 0.3) is 30.6 Å². The number of nitrogens with zero attached hydrogens (tertiary/aromatic N) is 2.